The first-order valence-corrected chi connectivity index (χ1v) is 7.80. The fraction of sp³-hybridized carbons (Fsp3) is 0.222. The molecule has 1 amide bonds. The predicted octanol–water partition coefficient (Wildman–Crippen LogP) is -0.470. The summed E-state index contributed by atoms with van der Waals surface area (Å²) in [6, 6.07) is 13.6. The second kappa shape index (κ2) is 10.5. The van der Waals surface area contributed by atoms with Gasteiger partial charge in [0.15, 0.2) is 0 Å². The van der Waals surface area contributed by atoms with Crippen molar-refractivity contribution in [1.29, 1.82) is 0 Å². The topological polar surface area (TPSA) is 69.7 Å². The number of nitrogens with zero attached hydrogens (tertiary/aromatic N) is 1. The van der Waals surface area contributed by atoms with Crippen molar-refractivity contribution in [3.63, 3.8) is 0 Å². The summed E-state index contributed by atoms with van der Waals surface area (Å²) in [6.07, 6.45) is 0.189. The monoisotopic (exact) mass is 369 g/mol. The van der Waals surface area contributed by atoms with Gasteiger partial charge in [0.1, 0.15) is 5.75 Å². The van der Waals surface area contributed by atoms with E-state index in [1.165, 1.54) is 4.90 Å². The van der Waals surface area contributed by atoms with Crippen molar-refractivity contribution in [3.8, 4) is 5.75 Å². The molecular weight excluding hydrogens is 353 g/mol. The number of halogens is 1. The molecule has 7 heteroatoms. The van der Waals surface area contributed by atoms with Gasteiger partial charge in [0.2, 0.25) is 0 Å². The number of carboxylic acids is 1. The van der Waals surface area contributed by atoms with Gasteiger partial charge in [-0.1, -0.05) is 11.6 Å². The first-order valence-electron chi connectivity index (χ1n) is 7.42. The maximum absolute atomic E-state index is 12.8. The Kier molecular flexibility index (Phi) is 9.00. The zero-order valence-corrected chi connectivity index (χ0v) is 17.0. The van der Waals surface area contributed by atoms with E-state index in [9.17, 15) is 14.7 Å². The Bertz CT molecular complexity index is 704. The van der Waals surface area contributed by atoms with Crippen LogP contribution in [0.5, 0.6) is 5.75 Å². The van der Waals surface area contributed by atoms with E-state index in [0.29, 0.717) is 28.4 Å². The Morgan fingerprint density at radius 3 is 2.20 bits per heavy atom. The van der Waals surface area contributed by atoms with Crippen LogP contribution < -0.4 is 44.3 Å². The molecule has 5 nitrogen and oxygen atoms in total. The molecule has 0 aliphatic rings. The van der Waals surface area contributed by atoms with E-state index in [4.69, 9.17) is 16.3 Å². The summed E-state index contributed by atoms with van der Waals surface area (Å²) in [6.45, 7) is 0.266. The number of carbonyl (C=O) groups is 2. The molecule has 2 aromatic carbocycles. The largest absolute Gasteiger partial charge is 1.00 e. The third-order valence-corrected chi connectivity index (χ3v) is 3.74. The zero-order valence-electron chi connectivity index (χ0n) is 14.2. The Balaban J connectivity index is 0.00000312. The number of aliphatic carboxylic acids is 1. The van der Waals surface area contributed by atoms with Crippen molar-refractivity contribution in [2.75, 3.05) is 18.6 Å². The molecule has 0 aliphatic carbocycles. The van der Waals surface area contributed by atoms with Gasteiger partial charge < -0.3 is 19.5 Å². The number of hydrogen-bond acceptors (Lipinski definition) is 4. The number of ether oxygens (including phenoxy) is 1. The molecule has 0 saturated carbocycles. The number of benzene rings is 2. The van der Waals surface area contributed by atoms with Crippen LogP contribution in [0.4, 0.5) is 5.69 Å². The summed E-state index contributed by atoms with van der Waals surface area (Å²) in [7, 11) is 1.56. The van der Waals surface area contributed by atoms with Crippen LogP contribution >= 0.6 is 11.6 Å². The Morgan fingerprint density at radius 1 is 1.08 bits per heavy atom. The molecule has 2 aromatic rings. The summed E-state index contributed by atoms with van der Waals surface area (Å²) in [5.41, 5.74) is 1.14. The standard InChI is InChI=1S/C18H18ClNO4.Na/c1-24-16-10-8-15(9-11-16)20(12-2-3-17(21)22)18(23)13-4-6-14(19)7-5-13;/h4-11H,2-3,12H2,1H3,(H,21,22);/q;+1/p-1. The molecule has 0 fully saturated rings. The summed E-state index contributed by atoms with van der Waals surface area (Å²) in [5, 5.41) is 11.2. The third-order valence-electron chi connectivity index (χ3n) is 3.48. The summed E-state index contributed by atoms with van der Waals surface area (Å²) >= 11 is 5.85. The number of carbonyl (C=O) groups excluding carboxylic acids is 2. The number of amides is 1. The maximum Gasteiger partial charge on any atom is 1.00 e. The van der Waals surface area contributed by atoms with Gasteiger partial charge in [0, 0.05) is 28.8 Å². The normalized spacial score (nSPS) is 9.84. The number of anilines is 1. The minimum Gasteiger partial charge on any atom is -0.550 e. The summed E-state index contributed by atoms with van der Waals surface area (Å²) in [4.78, 5) is 24.9. The molecule has 25 heavy (non-hydrogen) atoms. The van der Waals surface area contributed by atoms with Crippen LogP contribution in [-0.4, -0.2) is 25.5 Å². The zero-order chi connectivity index (χ0) is 17.5. The number of carboxylic acid groups (broad SMARTS) is 1. The summed E-state index contributed by atoms with van der Waals surface area (Å²) in [5.74, 6) is -0.689. The van der Waals surface area contributed by atoms with Gasteiger partial charge >= 0.3 is 29.6 Å². The van der Waals surface area contributed by atoms with Gasteiger partial charge in [-0.15, -0.1) is 0 Å². The molecule has 0 saturated heterocycles. The van der Waals surface area contributed by atoms with E-state index in [-0.39, 0.29) is 48.4 Å². The summed E-state index contributed by atoms with van der Waals surface area (Å²) < 4.78 is 5.12. The van der Waals surface area contributed by atoms with E-state index in [1.54, 1.807) is 55.6 Å². The number of hydrogen-bond donors (Lipinski definition) is 0. The minimum atomic E-state index is -1.14. The Morgan fingerprint density at radius 2 is 1.68 bits per heavy atom. The first-order chi connectivity index (χ1) is 11.5. The minimum absolute atomic E-state index is 0. The fourth-order valence-electron chi connectivity index (χ4n) is 2.24. The number of methoxy groups -OCH3 is 1. The molecule has 0 aliphatic heterocycles. The molecule has 0 atom stereocenters. The number of rotatable bonds is 7. The van der Waals surface area contributed by atoms with E-state index < -0.39 is 5.97 Å². The van der Waals surface area contributed by atoms with Gasteiger partial charge in [-0.05, 0) is 61.4 Å². The maximum atomic E-state index is 12.8. The van der Waals surface area contributed by atoms with E-state index in [1.807, 2.05) is 0 Å². The van der Waals surface area contributed by atoms with Crippen molar-refractivity contribution in [1.82, 2.24) is 0 Å². The second-order valence-corrected chi connectivity index (χ2v) is 5.57. The average molecular weight is 370 g/mol. The van der Waals surface area contributed by atoms with E-state index >= 15 is 0 Å². The third kappa shape index (κ3) is 6.36. The van der Waals surface area contributed by atoms with Crippen molar-refractivity contribution in [2.45, 2.75) is 12.8 Å². The molecule has 0 bridgehead atoms. The van der Waals surface area contributed by atoms with Gasteiger partial charge in [0.25, 0.3) is 5.91 Å². The van der Waals surface area contributed by atoms with Crippen molar-refractivity contribution in [3.05, 3.63) is 59.1 Å². The van der Waals surface area contributed by atoms with Crippen LogP contribution in [0.2, 0.25) is 5.02 Å². The molecule has 126 valence electrons. The van der Waals surface area contributed by atoms with E-state index in [2.05, 4.69) is 0 Å². The quantitative estimate of drug-likeness (QED) is 0.619. The molecule has 0 radical (unpaired) electrons. The molecule has 0 aromatic heterocycles. The molecule has 0 spiro atoms. The second-order valence-electron chi connectivity index (χ2n) is 5.14. The van der Waals surface area contributed by atoms with Crippen LogP contribution in [0.15, 0.2) is 48.5 Å². The van der Waals surface area contributed by atoms with Gasteiger partial charge in [-0.2, -0.15) is 0 Å². The molecular formula is C18H17ClNNaO4. The van der Waals surface area contributed by atoms with Gasteiger partial charge in [-0.3, -0.25) is 4.79 Å². The predicted molar refractivity (Wildman–Crippen MR) is 90.4 cm³/mol. The molecule has 0 N–H and O–H groups in total. The van der Waals surface area contributed by atoms with Crippen molar-refractivity contribution in [2.24, 2.45) is 0 Å². The van der Waals surface area contributed by atoms with Crippen LogP contribution in [0.1, 0.15) is 23.2 Å². The van der Waals surface area contributed by atoms with Crippen molar-refractivity contribution < 1.29 is 49.0 Å². The van der Waals surface area contributed by atoms with Crippen LogP contribution in [0, 0.1) is 0 Å². The van der Waals surface area contributed by atoms with Crippen molar-refractivity contribution >= 4 is 29.2 Å². The smallest absolute Gasteiger partial charge is 0.550 e. The van der Waals surface area contributed by atoms with Gasteiger partial charge in [-0.25, -0.2) is 0 Å². The van der Waals surface area contributed by atoms with Crippen LogP contribution in [0.25, 0.3) is 0 Å². The first kappa shape index (κ1) is 21.5. The van der Waals surface area contributed by atoms with E-state index in [0.717, 1.165) is 0 Å². The average Bonchev–Trinajstić information content (AvgIpc) is 2.59. The van der Waals surface area contributed by atoms with Crippen LogP contribution in [0.3, 0.4) is 0 Å². The molecule has 0 heterocycles. The molecule has 2 rings (SSSR count). The SMILES string of the molecule is COc1ccc(N(CCCC(=O)[O-])C(=O)c2ccc(Cl)cc2)cc1.[Na+]. The molecule has 0 unspecified atom stereocenters. The Labute approximate surface area is 173 Å². The van der Waals surface area contributed by atoms with Crippen LogP contribution in [-0.2, 0) is 4.79 Å². The fourth-order valence-corrected chi connectivity index (χ4v) is 2.37. The Hall–Kier alpha value is -1.53. The van der Waals surface area contributed by atoms with Gasteiger partial charge in [0.05, 0.1) is 7.11 Å².